The molecule has 3 unspecified atom stereocenters. The SMILES string of the molecule is CC1C=CC(C)C(C2CCCCC2)C1. The molecule has 0 radical (unpaired) electrons. The van der Waals surface area contributed by atoms with Crippen LogP contribution in [0.1, 0.15) is 52.4 Å². The molecule has 0 aromatic heterocycles. The summed E-state index contributed by atoms with van der Waals surface area (Å²) in [5.41, 5.74) is 0. The summed E-state index contributed by atoms with van der Waals surface area (Å²) in [6, 6.07) is 0. The molecule has 2 aliphatic rings. The zero-order valence-electron chi connectivity index (χ0n) is 9.71. The fourth-order valence-electron chi connectivity index (χ4n) is 3.41. The first kappa shape index (κ1) is 10.3. The Kier molecular flexibility index (Phi) is 3.30. The summed E-state index contributed by atoms with van der Waals surface area (Å²) in [4.78, 5) is 0. The second kappa shape index (κ2) is 4.51. The summed E-state index contributed by atoms with van der Waals surface area (Å²) in [6.45, 7) is 4.79. The third kappa shape index (κ3) is 2.21. The second-order valence-corrected chi connectivity index (χ2v) is 5.52. The van der Waals surface area contributed by atoms with Gasteiger partial charge in [-0.15, -0.1) is 0 Å². The van der Waals surface area contributed by atoms with Gasteiger partial charge in [-0.3, -0.25) is 0 Å². The van der Waals surface area contributed by atoms with Gasteiger partial charge in [-0.25, -0.2) is 0 Å². The molecule has 80 valence electrons. The first-order valence-electron chi connectivity index (χ1n) is 6.45. The maximum atomic E-state index is 2.47. The molecule has 0 aliphatic heterocycles. The molecule has 3 atom stereocenters. The summed E-state index contributed by atoms with van der Waals surface area (Å²) in [5.74, 6) is 3.72. The summed E-state index contributed by atoms with van der Waals surface area (Å²) in [6.07, 6.45) is 13.8. The highest BCUT2D eigenvalue weighted by Crippen LogP contribution is 2.40. The van der Waals surface area contributed by atoms with Crippen molar-refractivity contribution in [3.8, 4) is 0 Å². The van der Waals surface area contributed by atoms with Crippen molar-refractivity contribution >= 4 is 0 Å². The zero-order chi connectivity index (χ0) is 9.97. The van der Waals surface area contributed by atoms with Gasteiger partial charge in [0.15, 0.2) is 0 Å². The average Bonchev–Trinajstić information content (AvgIpc) is 2.23. The van der Waals surface area contributed by atoms with Crippen LogP contribution in [0.2, 0.25) is 0 Å². The maximum Gasteiger partial charge on any atom is -0.0231 e. The highest BCUT2D eigenvalue weighted by Gasteiger charge is 2.29. The van der Waals surface area contributed by atoms with E-state index in [0.29, 0.717) is 0 Å². The molecule has 0 spiro atoms. The Labute approximate surface area is 88.8 Å². The van der Waals surface area contributed by atoms with Crippen LogP contribution in [0.25, 0.3) is 0 Å². The largest absolute Gasteiger partial charge is 0.0854 e. The van der Waals surface area contributed by atoms with E-state index in [1.807, 2.05) is 0 Å². The Morgan fingerprint density at radius 1 is 0.929 bits per heavy atom. The van der Waals surface area contributed by atoms with Crippen LogP contribution in [0.4, 0.5) is 0 Å². The average molecular weight is 192 g/mol. The van der Waals surface area contributed by atoms with Crippen LogP contribution in [0, 0.1) is 23.7 Å². The van der Waals surface area contributed by atoms with Crippen LogP contribution in [0.3, 0.4) is 0 Å². The van der Waals surface area contributed by atoms with Gasteiger partial charge >= 0.3 is 0 Å². The van der Waals surface area contributed by atoms with E-state index in [-0.39, 0.29) is 0 Å². The van der Waals surface area contributed by atoms with Gasteiger partial charge in [0.2, 0.25) is 0 Å². The van der Waals surface area contributed by atoms with Crippen molar-refractivity contribution in [3.05, 3.63) is 12.2 Å². The Morgan fingerprint density at radius 2 is 1.64 bits per heavy atom. The molecule has 0 amide bonds. The molecule has 14 heavy (non-hydrogen) atoms. The van der Waals surface area contributed by atoms with Crippen molar-refractivity contribution in [2.24, 2.45) is 23.7 Å². The Bertz CT molecular complexity index is 198. The van der Waals surface area contributed by atoms with Gasteiger partial charge in [-0.05, 0) is 30.1 Å². The molecule has 1 fully saturated rings. The summed E-state index contributed by atoms with van der Waals surface area (Å²) in [7, 11) is 0. The lowest BCUT2D eigenvalue weighted by atomic mass is 9.69. The summed E-state index contributed by atoms with van der Waals surface area (Å²) < 4.78 is 0. The van der Waals surface area contributed by atoms with E-state index in [1.54, 1.807) is 0 Å². The third-order valence-electron chi connectivity index (χ3n) is 4.32. The lowest BCUT2D eigenvalue weighted by Gasteiger charge is -2.37. The van der Waals surface area contributed by atoms with Crippen LogP contribution in [-0.2, 0) is 0 Å². The number of hydrogen-bond acceptors (Lipinski definition) is 0. The van der Waals surface area contributed by atoms with Gasteiger partial charge in [0, 0.05) is 0 Å². The molecule has 0 nitrogen and oxygen atoms in total. The van der Waals surface area contributed by atoms with Gasteiger partial charge in [0.05, 0.1) is 0 Å². The number of allylic oxidation sites excluding steroid dienone is 2. The predicted molar refractivity (Wildman–Crippen MR) is 62.2 cm³/mol. The lowest BCUT2D eigenvalue weighted by molar-refractivity contribution is 0.177. The molecule has 2 rings (SSSR count). The van der Waals surface area contributed by atoms with Crippen molar-refractivity contribution in [2.75, 3.05) is 0 Å². The smallest absolute Gasteiger partial charge is 0.0231 e. The molecule has 0 N–H and O–H groups in total. The first-order valence-corrected chi connectivity index (χ1v) is 6.45. The Balaban J connectivity index is 1.98. The van der Waals surface area contributed by atoms with E-state index in [9.17, 15) is 0 Å². The monoisotopic (exact) mass is 192 g/mol. The van der Waals surface area contributed by atoms with E-state index < -0.39 is 0 Å². The van der Waals surface area contributed by atoms with Crippen LogP contribution in [0.15, 0.2) is 12.2 Å². The van der Waals surface area contributed by atoms with Crippen molar-refractivity contribution in [1.29, 1.82) is 0 Å². The molecule has 0 bridgehead atoms. The van der Waals surface area contributed by atoms with Gasteiger partial charge < -0.3 is 0 Å². The van der Waals surface area contributed by atoms with Crippen LogP contribution < -0.4 is 0 Å². The molecular weight excluding hydrogens is 168 g/mol. The normalized spacial score (nSPS) is 40.0. The highest BCUT2D eigenvalue weighted by atomic mass is 14.3. The molecule has 0 heterocycles. The van der Waals surface area contributed by atoms with Crippen molar-refractivity contribution < 1.29 is 0 Å². The fourth-order valence-corrected chi connectivity index (χ4v) is 3.41. The highest BCUT2D eigenvalue weighted by molar-refractivity contribution is 5.00. The van der Waals surface area contributed by atoms with Gasteiger partial charge in [-0.1, -0.05) is 58.1 Å². The van der Waals surface area contributed by atoms with E-state index in [4.69, 9.17) is 0 Å². The van der Waals surface area contributed by atoms with Crippen LogP contribution in [-0.4, -0.2) is 0 Å². The molecule has 0 heteroatoms. The Hall–Kier alpha value is -0.260. The van der Waals surface area contributed by atoms with Gasteiger partial charge in [-0.2, -0.15) is 0 Å². The minimum atomic E-state index is 0.832. The minimum absolute atomic E-state index is 0.832. The molecule has 0 aromatic rings. The van der Waals surface area contributed by atoms with Crippen LogP contribution in [0.5, 0.6) is 0 Å². The first-order chi connectivity index (χ1) is 6.77. The number of hydrogen-bond donors (Lipinski definition) is 0. The van der Waals surface area contributed by atoms with E-state index in [2.05, 4.69) is 26.0 Å². The minimum Gasteiger partial charge on any atom is -0.0854 e. The maximum absolute atomic E-state index is 2.47. The van der Waals surface area contributed by atoms with Crippen LogP contribution >= 0.6 is 0 Å². The molecular formula is C14H24. The zero-order valence-corrected chi connectivity index (χ0v) is 9.71. The second-order valence-electron chi connectivity index (χ2n) is 5.52. The van der Waals surface area contributed by atoms with Gasteiger partial charge in [0.1, 0.15) is 0 Å². The predicted octanol–water partition coefficient (Wildman–Crippen LogP) is 4.42. The molecule has 2 aliphatic carbocycles. The van der Waals surface area contributed by atoms with Crippen molar-refractivity contribution in [2.45, 2.75) is 52.4 Å². The summed E-state index contributed by atoms with van der Waals surface area (Å²) in [5, 5.41) is 0. The fraction of sp³-hybridized carbons (Fsp3) is 0.857. The number of rotatable bonds is 1. The lowest BCUT2D eigenvalue weighted by Crippen LogP contribution is -2.27. The summed E-state index contributed by atoms with van der Waals surface area (Å²) >= 11 is 0. The van der Waals surface area contributed by atoms with E-state index in [1.165, 1.54) is 38.5 Å². The quantitative estimate of drug-likeness (QED) is 0.540. The van der Waals surface area contributed by atoms with Crippen molar-refractivity contribution in [1.82, 2.24) is 0 Å². The molecule has 1 saturated carbocycles. The van der Waals surface area contributed by atoms with Crippen molar-refractivity contribution in [3.63, 3.8) is 0 Å². The third-order valence-corrected chi connectivity index (χ3v) is 4.32. The topological polar surface area (TPSA) is 0 Å². The van der Waals surface area contributed by atoms with E-state index in [0.717, 1.165) is 23.7 Å². The van der Waals surface area contributed by atoms with E-state index >= 15 is 0 Å². The standard InChI is InChI=1S/C14H24/c1-11-8-9-12(2)14(10-11)13-6-4-3-5-7-13/h8-9,11-14H,3-7,10H2,1-2H3. The Morgan fingerprint density at radius 3 is 2.36 bits per heavy atom. The molecule has 0 saturated heterocycles. The molecule has 0 aromatic carbocycles. The van der Waals surface area contributed by atoms with Gasteiger partial charge in [0.25, 0.3) is 0 Å².